The van der Waals surface area contributed by atoms with Gasteiger partial charge in [0, 0.05) is 6.10 Å². The van der Waals surface area contributed by atoms with Crippen LogP contribution in [-0.2, 0) is 19.1 Å². The minimum atomic E-state index is -0.604. The lowest BCUT2D eigenvalue weighted by atomic mass is 10.2. The van der Waals surface area contributed by atoms with Crippen LogP contribution in [0.4, 0.5) is 4.79 Å². The lowest BCUT2D eigenvalue weighted by Crippen LogP contribution is -2.25. The fraction of sp³-hybridized carbons (Fsp3) is 0.778. The smallest absolute Gasteiger partial charge is 0.432 e. The topological polar surface area (TPSA) is 89.9 Å². The largest absolute Gasteiger partial charge is 1.00 e. The Morgan fingerprint density at radius 3 is 1.42 bits per heavy atom. The predicted octanol–water partition coefficient (Wildman–Crippen LogP) is 5.12. The Labute approximate surface area is 150 Å². The average Bonchev–Trinajstić information content (AvgIpc) is 2.10. The van der Waals surface area contributed by atoms with Gasteiger partial charge in [-0.3, -0.25) is 0 Å². The number of ether oxygens (including phenoxy) is 2. The molecule has 0 fully saturated rings. The third-order valence-corrected chi connectivity index (χ3v) is 0.721. The molecule has 0 bridgehead atoms. The minimum absolute atomic E-state index is 0. The zero-order valence-electron chi connectivity index (χ0n) is 16.4. The van der Waals surface area contributed by atoms with Crippen LogP contribution in [0.2, 0.25) is 0 Å². The Morgan fingerprint density at radius 2 is 1.29 bits per heavy atom. The van der Waals surface area contributed by atoms with E-state index in [-0.39, 0.29) is 34.6 Å². The quantitative estimate of drug-likeness (QED) is 0.520. The molecule has 6 nitrogen and oxygen atoms in total. The summed E-state index contributed by atoms with van der Waals surface area (Å²) in [4.78, 5) is 27.1. The SMILES string of the molecule is C.C.C=C(C)C.CC(C)O.CC(C)OC(=O)OC(C)(C)C.O=C=O.[H+]. The van der Waals surface area contributed by atoms with Crippen molar-refractivity contribution in [2.75, 3.05) is 0 Å². The van der Waals surface area contributed by atoms with Crippen molar-refractivity contribution in [1.82, 2.24) is 0 Å². The van der Waals surface area contributed by atoms with Gasteiger partial charge in [-0.1, -0.05) is 20.4 Å². The summed E-state index contributed by atoms with van der Waals surface area (Å²) < 4.78 is 9.65. The van der Waals surface area contributed by atoms with Crippen molar-refractivity contribution < 1.29 is 30.4 Å². The second-order valence-corrected chi connectivity index (χ2v) is 6.02. The van der Waals surface area contributed by atoms with E-state index in [0.29, 0.717) is 0 Å². The summed E-state index contributed by atoms with van der Waals surface area (Å²) in [5.41, 5.74) is 0.700. The number of carbonyl (C=O) groups excluding carboxylic acids is 3. The highest BCUT2D eigenvalue weighted by molar-refractivity contribution is 5.60. The maximum atomic E-state index is 10.8. The molecule has 0 spiro atoms. The van der Waals surface area contributed by atoms with Gasteiger partial charge in [0.2, 0.25) is 0 Å². The molecule has 6 heteroatoms. The Hall–Kier alpha value is -1.65. The van der Waals surface area contributed by atoms with E-state index in [4.69, 9.17) is 24.2 Å². The fourth-order valence-corrected chi connectivity index (χ4v) is 0.467. The van der Waals surface area contributed by atoms with E-state index in [1.165, 1.54) is 5.57 Å². The molecular formula is C18H41O6+. The van der Waals surface area contributed by atoms with Crippen LogP contribution in [0.5, 0.6) is 0 Å². The number of aliphatic hydroxyl groups excluding tert-OH is 1. The Balaban J connectivity index is -0.0000000393. The van der Waals surface area contributed by atoms with Crippen LogP contribution in [-0.4, -0.2) is 35.2 Å². The molecule has 0 aliphatic heterocycles. The van der Waals surface area contributed by atoms with Gasteiger partial charge in [-0.05, 0) is 62.3 Å². The maximum Gasteiger partial charge on any atom is 1.00 e. The molecule has 0 aromatic heterocycles. The van der Waals surface area contributed by atoms with E-state index in [2.05, 4.69) is 6.58 Å². The maximum absolute atomic E-state index is 10.8. The lowest BCUT2D eigenvalue weighted by molar-refractivity contribution is -0.191. The first-order chi connectivity index (χ1) is 9.69. The van der Waals surface area contributed by atoms with Crippen molar-refractivity contribution in [2.24, 2.45) is 0 Å². The summed E-state index contributed by atoms with van der Waals surface area (Å²) in [6, 6.07) is 0. The molecule has 0 aliphatic carbocycles. The van der Waals surface area contributed by atoms with Gasteiger partial charge in [0.25, 0.3) is 0 Å². The Bertz CT molecular complexity index is 307. The van der Waals surface area contributed by atoms with E-state index >= 15 is 0 Å². The van der Waals surface area contributed by atoms with Gasteiger partial charge in [-0.15, -0.1) is 6.58 Å². The average molecular weight is 354 g/mol. The number of hydrogen-bond donors (Lipinski definition) is 1. The standard InChI is InChI=1S/C8H16O3.C4H8.C3H8O.CO2.2CH4/c1-6(2)10-7(9)11-8(3,4)5;1-4(2)3;1-3(2)4;2-1-3;;/h6H,1-5H3;1H2,2-3H3;3-4H,1-2H3;;2*1H4/p+1. The monoisotopic (exact) mass is 353 g/mol. The number of allylic oxidation sites excluding steroid dienone is 1. The first-order valence-corrected chi connectivity index (χ1v) is 6.88. The molecule has 1 N–H and O–H groups in total. The molecule has 0 unspecified atom stereocenters. The highest BCUT2D eigenvalue weighted by Gasteiger charge is 2.17. The van der Waals surface area contributed by atoms with E-state index in [1.807, 2.05) is 13.8 Å². The van der Waals surface area contributed by atoms with Gasteiger partial charge in [0.05, 0.1) is 6.10 Å². The van der Waals surface area contributed by atoms with Gasteiger partial charge in [0.1, 0.15) is 5.60 Å². The van der Waals surface area contributed by atoms with Crippen LogP contribution in [0, 0.1) is 0 Å². The molecule has 148 valence electrons. The lowest BCUT2D eigenvalue weighted by Gasteiger charge is -2.19. The summed E-state index contributed by atoms with van der Waals surface area (Å²) in [5, 5.41) is 8.06. The van der Waals surface area contributed by atoms with Gasteiger partial charge in [-0.25, -0.2) is 4.79 Å². The third-order valence-electron chi connectivity index (χ3n) is 0.721. The Kier molecular flexibility index (Phi) is 37.5. The molecule has 0 saturated heterocycles. The second-order valence-electron chi connectivity index (χ2n) is 6.02. The normalized spacial score (nSPS) is 8.17. The first kappa shape index (κ1) is 38.1. The van der Waals surface area contributed by atoms with Gasteiger partial charge in [-0.2, -0.15) is 9.59 Å². The zero-order chi connectivity index (χ0) is 18.9. The van der Waals surface area contributed by atoms with Gasteiger partial charge < -0.3 is 14.6 Å². The molecule has 0 aliphatic rings. The van der Waals surface area contributed by atoms with Crippen molar-refractivity contribution in [3.05, 3.63) is 12.2 Å². The predicted molar refractivity (Wildman–Crippen MR) is 99.9 cm³/mol. The summed E-state index contributed by atoms with van der Waals surface area (Å²) in [7, 11) is 0. The third kappa shape index (κ3) is 141. The zero-order valence-corrected chi connectivity index (χ0v) is 15.4. The van der Waals surface area contributed by atoms with Crippen molar-refractivity contribution in [3.8, 4) is 0 Å². The summed E-state index contributed by atoms with van der Waals surface area (Å²) >= 11 is 0. The molecule has 0 atom stereocenters. The molecule has 0 saturated carbocycles. The Morgan fingerprint density at radius 1 is 1.08 bits per heavy atom. The molecule has 0 heterocycles. The highest BCUT2D eigenvalue weighted by atomic mass is 16.7. The highest BCUT2D eigenvalue weighted by Crippen LogP contribution is 2.08. The molecule has 0 aromatic rings. The number of aliphatic hydroxyl groups is 1. The first-order valence-electron chi connectivity index (χ1n) is 6.88. The van der Waals surface area contributed by atoms with E-state index < -0.39 is 11.8 Å². The van der Waals surface area contributed by atoms with Crippen molar-refractivity contribution in [3.63, 3.8) is 0 Å². The number of rotatable bonds is 1. The van der Waals surface area contributed by atoms with Crippen LogP contribution < -0.4 is 0 Å². The van der Waals surface area contributed by atoms with Gasteiger partial charge in [0.15, 0.2) is 0 Å². The van der Waals surface area contributed by atoms with Crippen molar-refractivity contribution in [1.29, 1.82) is 0 Å². The van der Waals surface area contributed by atoms with Crippen molar-refractivity contribution >= 4 is 12.3 Å². The van der Waals surface area contributed by atoms with Crippen LogP contribution in [0.15, 0.2) is 12.2 Å². The molecule has 0 rings (SSSR count). The van der Waals surface area contributed by atoms with Crippen LogP contribution >= 0.6 is 0 Å². The number of carbonyl (C=O) groups is 1. The van der Waals surface area contributed by atoms with Crippen molar-refractivity contribution in [2.45, 2.75) is 95.0 Å². The molecular weight excluding hydrogens is 312 g/mol. The van der Waals surface area contributed by atoms with Crippen LogP contribution in [0.1, 0.15) is 78.6 Å². The van der Waals surface area contributed by atoms with Gasteiger partial charge >= 0.3 is 13.7 Å². The second kappa shape index (κ2) is 23.6. The molecule has 0 aromatic carbocycles. The summed E-state index contributed by atoms with van der Waals surface area (Å²) in [5.74, 6) is 0. The fourth-order valence-electron chi connectivity index (χ4n) is 0.467. The summed E-state index contributed by atoms with van der Waals surface area (Å²) in [6.07, 6.45) is -0.641. The number of hydrogen-bond acceptors (Lipinski definition) is 6. The molecule has 0 amide bonds. The molecule has 0 radical (unpaired) electrons. The van der Waals surface area contributed by atoms with E-state index in [9.17, 15) is 4.79 Å². The van der Waals surface area contributed by atoms with Crippen LogP contribution in [0.25, 0.3) is 0 Å². The molecule has 24 heavy (non-hydrogen) atoms. The minimum Gasteiger partial charge on any atom is -0.432 e. The van der Waals surface area contributed by atoms with E-state index in [0.717, 1.165) is 0 Å². The van der Waals surface area contributed by atoms with Crippen LogP contribution in [0.3, 0.4) is 0 Å². The summed E-state index contributed by atoms with van der Waals surface area (Å²) in [6.45, 7) is 19.9. The van der Waals surface area contributed by atoms with E-state index in [1.54, 1.807) is 48.5 Å².